The summed E-state index contributed by atoms with van der Waals surface area (Å²) in [6, 6.07) is 8.49. The Morgan fingerprint density at radius 1 is 1.19 bits per heavy atom. The zero-order valence-corrected chi connectivity index (χ0v) is 12.0. The molecule has 2 aliphatic rings. The molecule has 108 valence electrons. The highest BCUT2D eigenvalue weighted by molar-refractivity contribution is 5.81. The van der Waals surface area contributed by atoms with Gasteiger partial charge in [0.1, 0.15) is 5.82 Å². The fourth-order valence-corrected chi connectivity index (χ4v) is 2.99. The third-order valence-electron chi connectivity index (χ3n) is 4.23. The topological polar surface area (TPSA) is 58.1 Å². The average Bonchev–Trinajstić information content (AvgIpc) is 3.24. The molecule has 1 amide bonds. The summed E-state index contributed by atoms with van der Waals surface area (Å²) in [5.74, 6) is 1.06. The largest absolute Gasteiger partial charge is 0.364 e. The van der Waals surface area contributed by atoms with Crippen LogP contribution in [0.3, 0.4) is 0 Å². The molecule has 0 radical (unpaired) electrons. The zero-order valence-electron chi connectivity index (χ0n) is 12.0. The van der Waals surface area contributed by atoms with Crippen LogP contribution in [0, 0.1) is 6.92 Å². The van der Waals surface area contributed by atoms with Crippen molar-refractivity contribution in [3.63, 3.8) is 0 Å². The third kappa shape index (κ3) is 2.33. The Bertz CT molecular complexity index is 710. The number of fused-ring (bicyclic) bond motifs is 1. The molecule has 4 rings (SSSR count). The van der Waals surface area contributed by atoms with Gasteiger partial charge < -0.3 is 10.2 Å². The molecule has 0 spiro atoms. The summed E-state index contributed by atoms with van der Waals surface area (Å²) in [4.78, 5) is 23.2. The lowest BCUT2D eigenvalue weighted by atomic mass is 10.2. The van der Waals surface area contributed by atoms with Crippen molar-refractivity contribution >= 4 is 22.8 Å². The normalized spacial score (nSPS) is 22.0. The Kier molecular flexibility index (Phi) is 2.80. The quantitative estimate of drug-likeness (QED) is 0.936. The Labute approximate surface area is 123 Å². The summed E-state index contributed by atoms with van der Waals surface area (Å²) < 4.78 is 0. The fraction of sp³-hybridized carbons (Fsp3) is 0.438. The predicted molar refractivity (Wildman–Crippen MR) is 81.0 cm³/mol. The summed E-state index contributed by atoms with van der Waals surface area (Å²) in [7, 11) is 0. The monoisotopic (exact) mass is 282 g/mol. The van der Waals surface area contributed by atoms with Crippen LogP contribution in [-0.2, 0) is 4.79 Å². The third-order valence-corrected chi connectivity index (χ3v) is 4.23. The molecule has 1 saturated carbocycles. The van der Waals surface area contributed by atoms with Crippen LogP contribution in [0.1, 0.15) is 25.0 Å². The van der Waals surface area contributed by atoms with E-state index in [1.54, 1.807) is 0 Å². The van der Waals surface area contributed by atoms with E-state index in [-0.39, 0.29) is 11.9 Å². The smallest absolute Gasteiger partial charge is 0.225 e. The summed E-state index contributed by atoms with van der Waals surface area (Å²) in [6.45, 7) is 2.74. The van der Waals surface area contributed by atoms with Crippen molar-refractivity contribution in [3.05, 3.63) is 30.0 Å². The van der Waals surface area contributed by atoms with E-state index in [1.165, 1.54) is 0 Å². The molecule has 5 nitrogen and oxygen atoms in total. The minimum Gasteiger partial charge on any atom is -0.364 e. The van der Waals surface area contributed by atoms with Crippen LogP contribution in [-0.4, -0.2) is 39.4 Å². The second kappa shape index (κ2) is 4.69. The molecule has 1 aromatic carbocycles. The lowest BCUT2D eigenvalue weighted by Crippen LogP contribution is -2.30. The van der Waals surface area contributed by atoms with Crippen LogP contribution in [0.15, 0.2) is 24.3 Å². The van der Waals surface area contributed by atoms with E-state index in [2.05, 4.69) is 15.3 Å². The molecular formula is C16H18N4O. The highest BCUT2D eigenvalue weighted by Gasteiger charge is 2.39. The maximum atomic E-state index is 12.0. The minimum atomic E-state index is 0.146. The van der Waals surface area contributed by atoms with Gasteiger partial charge in [-0.25, -0.2) is 9.97 Å². The van der Waals surface area contributed by atoms with E-state index in [9.17, 15) is 4.79 Å². The van der Waals surface area contributed by atoms with Gasteiger partial charge in [0.15, 0.2) is 0 Å². The molecule has 2 fully saturated rings. The number of benzene rings is 1. The number of anilines is 1. The van der Waals surface area contributed by atoms with E-state index >= 15 is 0 Å². The molecular weight excluding hydrogens is 264 g/mol. The highest BCUT2D eigenvalue weighted by atomic mass is 16.2. The van der Waals surface area contributed by atoms with Crippen molar-refractivity contribution in [1.29, 1.82) is 0 Å². The number of hydrogen-bond donors (Lipinski definition) is 1. The Balaban J connectivity index is 1.57. The number of aryl methyl sites for hydroxylation is 1. The Morgan fingerprint density at radius 3 is 2.62 bits per heavy atom. The van der Waals surface area contributed by atoms with Gasteiger partial charge in [-0.1, -0.05) is 12.1 Å². The molecule has 2 heterocycles. The number of amides is 1. The molecule has 21 heavy (non-hydrogen) atoms. The number of hydrogen-bond acceptors (Lipinski definition) is 4. The highest BCUT2D eigenvalue weighted by Crippen LogP contribution is 2.31. The van der Waals surface area contributed by atoms with E-state index in [1.807, 2.05) is 36.1 Å². The molecule has 1 saturated heterocycles. The fourth-order valence-electron chi connectivity index (χ4n) is 2.99. The van der Waals surface area contributed by atoms with Crippen LogP contribution in [0.5, 0.6) is 0 Å². The van der Waals surface area contributed by atoms with Crippen molar-refractivity contribution in [2.75, 3.05) is 11.9 Å². The lowest BCUT2D eigenvalue weighted by Gasteiger charge is -2.17. The Hall–Kier alpha value is -2.17. The van der Waals surface area contributed by atoms with Crippen molar-refractivity contribution in [2.45, 2.75) is 38.3 Å². The summed E-state index contributed by atoms with van der Waals surface area (Å²) in [5, 5.41) is 3.41. The predicted octanol–water partition coefficient (Wildman–Crippen LogP) is 2.11. The zero-order chi connectivity index (χ0) is 14.4. The first-order valence-corrected chi connectivity index (χ1v) is 7.50. The first-order valence-electron chi connectivity index (χ1n) is 7.50. The van der Waals surface area contributed by atoms with Crippen molar-refractivity contribution in [1.82, 2.24) is 14.9 Å². The first kappa shape index (κ1) is 12.6. The van der Waals surface area contributed by atoms with Gasteiger partial charge in [-0.15, -0.1) is 0 Å². The number of nitrogens with zero attached hydrogens (tertiary/aromatic N) is 3. The van der Waals surface area contributed by atoms with E-state index in [0.29, 0.717) is 12.5 Å². The van der Waals surface area contributed by atoms with Gasteiger partial charge in [0.2, 0.25) is 5.91 Å². The second-order valence-electron chi connectivity index (χ2n) is 5.97. The second-order valence-corrected chi connectivity index (χ2v) is 5.97. The maximum absolute atomic E-state index is 12.0. The molecule has 1 aliphatic carbocycles. The van der Waals surface area contributed by atoms with Crippen LogP contribution in [0.4, 0.5) is 5.82 Å². The summed E-state index contributed by atoms with van der Waals surface area (Å²) in [6.07, 6.45) is 2.88. The van der Waals surface area contributed by atoms with Gasteiger partial charge in [-0.3, -0.25) is 4.79 Å². The van der Waals surface area contributed by atoms with E-state index < -0.39 is 0 Å². The number of nitrogens with one attached hydrogen (secondary N) is 1. The number of likely N-dealkylation sites (tertiary alicyclic amines) is 1. The van der Waals surface area contributed by atoms with Gasteiger partial charge >= 0.3 is 0 Å². The van der Waals surface area contributed by atoms with Crippen molar-refractivity contribution in [3.8, 4) is 0 Å². The molecule has 5 heteroatoms. The first-order chi connectivity index (χ1) is 10.2. The number of aromatic nitrogens is 2. The summed E-state index contributed by atoms with van der Waals surface area (Å²) in [5.41, 5.74) is 2.67. The van der Waals surface area contributed by atoms with Gasteiger partial charge in [0, 0.05) is 19.0 Å². The SMILES string of the molecule is Cc1nc2ccccc2nc1NC1CC(=O)N(C2CC2)C1. The van der Waals surface area contributed by atoms with Crippen LogP contribution in [0.25, 0.3) is 11.0 Å². The van der Waals surface area contributed by atoms with Gasteiger partial charge in [-0.2, -0.15) is 0 Å². The van der Waals surface area contributed by atoms with Gasteiger partial charge in [-0.05, 0) is 31.9 Å². The number of para-hydroxylation sites is 2. The summed E-state index contributed by atoms with van der Waals surface area (Å²) >= 11 is 0. The molecule has 0 bridgehead atoms. The number of carbonyl (C=O) groups is 1. The van der Waals surface area contributed by atoms with Gasteiger partial charge in [0.05, 0.1) is 22.8 Å². The number of rotatable bonds is 3. The molecule has 1 N–H and O–H groups in total. The molecule has 1 aromatic heterocycles. The van der Waals surface area contributed by atoms with E-state index in [4.69, 9.17) is 0 Å². The molecule has 2 aromatic rings. The standard InChI is InChI=1S/C16H18N4O/c1-10-16(19-14-5-3-2-4-13(14)17-10)18-11-8-15(21)20(9-11)12-6-7-12/h2-5,11-12H,6-9H2,1H3,(H,18,19). The van der Waals surface area contributed by atoms with Crippen LogP contribution in [0.2, 0.25) is 0 Å². The molecule has 1 aliphatic heterocycles. The maximum Gasteiger partial charge on any atom is 0.225 e. The van der Waals surface area contributed by atoms with Crippen LogP contribution >= 0.6 is 0 Å². The average molecular weight is 282 g/mol. The number of carbonyl (C=O) groups excluding carboxylic acids is 1. The van der Waals surface area contributed by atoms with Gasteiger partial charge in [0.25, 0.3) is 0 Å². The van der Waals surface area contributed by atoms with Crippen molar-refractivity contribution in [2.24, 2.45) is 0 Å². The van der Waals surface area contributed by atoms with Crippen LogP contribution < -0.4 is 5.32 Å². The molecule has 1 atom stereocenters. The van der Waals surface area contributed by atoms with E-state index in [0.717, 1.165) is 41.9 Å². The van der Waals surface area contributed by atoms with Crippen molar-refractivity contribution < 1.29 is 4.79 Å². The lowest BCUT2D eigenvalue weighted by molar-refractivity contribution is -0.128. The molecule has 1 unspecified atom stereocenters. The Morgan fingerprint density at radius 2 is 1.90 bits per heavy atom. The minimum absolute atomic E-state index is 0.146.